The minimum absolute atomic E-state index is 0.275. The standard InChI is InChI=1S/C11H20O/c1-4-5-6-7-11(12)9-8-10(2)3/h8-10H,4-7H2,1-3H3/b9-8-. The van der Waals surface area contributed by atoms with Crippen LogP contribution in [0.3, 0.4) is 0 Å². The molecule has 0 atom stereocenters. The second kappa shape index (κ2) is 7.08. The number of hydrogen-bond acceptors (Lipinski definition) is 1. The molecule has 0 heterocycles. The lowest BCUT2D eigenvalue weighted by Gasteiger charge is -1.95. The zero-order chi connectivity index (χ0) is 9.40. The third kappa shape index (κ3) is 7.52. The molecule has 12 heavy (non-hydrogen) atoms. The molecule has 0 aromatic carbocycles. The van der Waals surface area contributed by atoms with Crippen LogP contribution < -0.4 is 0 Å². The minimum Gasteiger partial charge on any atom is -0.295 e. The average Bonchev–Trinajstić information content (AvgIpc) is 2.01. The molecule has 0 bridgehead atoms. The summed E-state index contributed by atoms with van der Waals surface area (Å²) in [6, 6.07) is 0. The van der Waals surface area contributed by atoms with E-state index in [4.69, 9.17) is 0 Å². The summed E-state index contributed by atoms with van der Waals surface area (Å²) >= 11 is 0. The van der Waals surface area contributed by atoms with Crippen LogP contribution in [0.5, 0.6) is 0 Å². The molecular weight excluding hydrogens is 148 g/mol. The number of unbranched alkanes of at least 4 members (excludes halogenated alkanes) is 2. The Kier molecular flexibility index (Phi) is 6.73. The second-order valence-electron chi connectivity index (χ2n) is 3.53. The van der Waals surface area contributed by atoms with Crippen LogP contribution >= 0.6 is 0 Å². The van der Waals surface area contributed by atoms with E-state index in [1.165, 1.54) is 12.8 Å². The molecule has 0 aromatic heterocycles. The van der Waals surface area contributed by atoms with E-state index in [0.717, 1.165) is 12.8 Å². The fraction of sp³-hybridized carbons (Fsp3) is 0.727. The molecule has 0 aliphatic carbocycles. The molecule has 70 valence electrons. The summed E-state index contributed by atoms with van der Waals surface area (Å²) in [5, 5.41) is 0. The van der Waals surface area contributed by atoms with Crippen molar-refractivity contribution in [3.63, 3.8) is 0 Å². The van der Waals surface area contributed by atoms with Gasteiger partial charge in [0.25, 0.3) is 0 Å². The van der Waals surface area contributed by atoms with Crippen molar-refractivity contribution >= 4 is 5.78 Å². The van der Waals surface area contributed by atoms with Crippen molar-refractivity contribution in [2.45, 2.75) is 46.5 Å². The van der Waals surface area contributed by atoms with E-state index in [-0.39, 0.29) is 5.78 Å². The van der Waals surface area contributed by atoms with Crippen LogP contribution in [0.25, 0.3) is 0 Å². The monoisotopic (exact) mass is 168 g/mol. The van der Waals surface area contributed by atoms with Crippen molar-refractivity contribution < 1.29 is 4.79 Å². The summed E-state index contributed by atoms with van der Waals surface area (Å²) < 4.78 is 0. The number of ketones is 1. The molecule has 0 N–H and O–H groups in total. The van der Waals surface area contributed by atoms with Gasteiger partial charge >= 0.3 is 0 Å². The highest BCUT2D eigenvalue weighted by atomic mass is 16.1. The SMILES string of the molecule is CCCCCC(=O)/C=C\C(C)C. The Bertz CT molecular complexity index is 145. The van der Waals surface area contributed by atoms with E-state index in [0.29, 0.717) is 5.92 Å². The molecule has 0 unspecified atom stereocenters. The number of carbonyl (C=O) groups excluding carboxylic acids is 1. The first kappa shape index (κ1) is 11.4. The molecule has 0 spiro atoms. The van der Waals surface area contributed by atoms with E-state index in [1.807, 2.05) is 6.08 Å². The summed E-state index contributed by atoms with van der Waals surface area (Å²) in [7, 11) is 0. The smallest absolute Gasteiger partial charge is 0.155 e. The third-order valence-electron chi connectivity index (χ3n) is 1.69. The van der Waals surface area contributed by atoms with Crippen LogP contribution in [0.4, 0.5) is 0 Å². The molecule has 0 saturated carbocycles. The maximum atomic E-state index is 11.1. The lowest BCUT2D eigenvalue weighted by Crippen LogP contribution is -1.93. The highest BCUT2D eigenvalue weighted by Gasteiger charge is 1.95. The molecule has 0 radical (unpaired) electrons. The van der Waals surface area contributed by atoms with Gasteiger partial charge in [0.05, 0.1) is 0 Å². The Labute approximate surface area is 75.9 Å². The van der Waals surface area contributed by atoms with Crippen molar-refractivity contribution in [2.24, 2.45) is 5.92 Å². The van der Waals surface area contributed by atoms with Gasteiger partial charge in [-0.15, -0.1) is 0 Å². The molecule has 0 fully saturated rings. The van der Waals surface area contributed by atoms with Crippen LogP contribution in [-0.4, -0.2) is 5.78 Å². The van der Waals surface area contributed by atoms with Crippen LogP contribution in [0.2, 0.25) is 0 Å². The van der Waals surface area contributed by atoms with Gasteiger partial charge in [-0.3, -0.25) is 4.79 Å². The zero-order valence-corrected chi connectivity index (χ0v) is 8.47. The number of carbonyl (C=O) groups is 1. The molecule has 0 saturated heterocycles. The zero-order valence-electron chi connectivity index (χ0n) is 8.47. The predicted octanol–water partition coefficient (Wildman–Crippen LogP) is 3.35. The number of allylic oxidation sites excluding steroid dienone is 2. The topological polar surface area (TPSA) is 17.1 Å². The maximum Gasteiger partial charge on any atom is 0.155 e. The van der Waals surface area contributed by atoms with E-state index in [1.54, 1.807) is 6.08 Å². The summed E-state index contributed by atoms with van der Waals surface area (Å²) in [5.74, 6) is 0.761. The van der Waals surface area contributed by atoms with Crippen LogP contribution in [-0.2, 0) is 4.79 Å². The van der Waals surface area contributed by atoms with E-state index >= 15 is 0 Å². The summed E-state index contributed by atoms with van der Waals surface area (Å²) in [5.41, 5.74) is 0. The fourth-order valence-corrected chi connectivity index (χ4v) is 0.932. The van der Waals surface area contributed by atoms with Gasteiger partial charge in [-0.1, -0.05) is 39.7 Å². The second-order valence-corrected chi connectivity index (χ2v) is 3.53. The molecule has 0 aliphatic rings. The first-order valence-electron chi connectivity index (χ1n) is 4.87. The van der Waals surface area contributed by atoms with Crippen LogP contribution in [0.1, 0.15) is 46.5 Å². The molecule has 1 heteroatoms. The van der Waals surface area contributed by atoms with Gasteiger partial charge in [0.1, 0.15) is 0 Å². The summed E-state index contributed by atoms with van der Waals surface area (Å²) in [6.07, 6.45) is 7.80. The highest BCUT2D eigenvalue weighted by Crippen LogP contribution is 2.01. The highest BCUT2D eigenvalue weighted by molar-refractivity contribution is 5.89. The van der Waals surface area contributed by atoms with Crippen LogP contribution in [0.15, 0.2) is 12.2 Å². The molecule has 0 amide bonds. The molecule has 0 aromatic rings. The number of hydrogen-bond donors (Lipinski definition) is 0. The molecule has 0 rings (SSSR count). The average molecular weight is 168 g/mol. The van der Waals surface area contributed by atoms with Gasteiger partial charge in [-0.05, 0) is 18.4 Å². The minimum atomic E-state index is 0.275. The van der Waals surface area contributed by atoms with E-state index in [2.05, 4.69) is 20.8 Å². The Morgan fingerprint density at radius 3 is 2.50 bits per heavy atom. The van der Waals surface area contributed by atoms with Gasteiger partial charge < -0.3 is 0 Å². The summed E-state index contributed by atoms with van der Waals surface area (Å²) in [6.45, 7) is 6.31. The van der Waals surface area contributed by atoms with Gasteiger partial charge in [-0.2, -0.15) is 0 Å². The third-order valence-corrected chi connectivity index (χ3v) is 1.69. The van der Waals surface area contributed by atoms with Crippen molar-refractivity contribution in [1.29, 1.82) is 0 Å². The van der Waals surface area contributed by atoms with Crippen LogP contribution in [0, 0.1) is 5.92 Å². The fourth-order valence-electron chi connectivity index (χ4n) is 0.932. The van der Waals surface area contributed by atoms with Crippen molar-refractivity contribution in [3.05, 3.63) is 12.2 Å². The number of rotatable bonds is 6. The Morgan fingerprint density at radius 1 is 1.33 bits per heavy atom. The predicted molar refractivity (Wildman–Crippen MR) is 53.1 cm³/mol. The molecule has 1 nitrogen and oxygen atoms in total. The first-order valence-corrected chi connectivity index (χ1v) is 4.87. The van der Waals surface area contributed by atoms with Gasteiger partial charge in [0.2, 0.25) is 0 Å². The van der Waals surface area contributed by atoms with Crippen molar-refractivity contribution in [2.75, 3.05) is 0 Å². The summed E-state index contributed by atoms with van der Waals surface area (Å²) in [4.78, 5) is 11.1. The van der Waals surface area contributed by atoms with Gasteiger partial charge in [0.15, 0.2) is 5.78 Å². The first-order chi connectivity index (χ1) is 5.66. The Hall–Kier alpha value is -0.590. The van der Waals surface area contributed by atoms with Gasteiger partial charge in [-0.25, -0.2) is 0 Å². The normalized spacial score (nSPS) is 11.3. The lowest BCUT2D eigenvalue weighted by molar-refractivity contribution is -0.114. The van der Waals surface area contributed by atoms with Gasteiger partial charge in [0, 0.05) is 6.42 Å². The Morgan fingerprint density at radius 2 is 2.00 bits per heavy atom. The lowest BCUT2D eigenvalue weighted by atomic mass is 10.1. The molecule has 0 aliphatic heterocycles. The van der Waals surface area contributed by atoms with E-state index < -0.39 is 0 Å². The van der Waals surface area contributed by atoms with E-state index in [9.17, 15) is 4.79 Å². The van der Waals surface area contributed by atoms with Crippen molar-refractivity contribution in [1.82, 2.24) is 0 Å². The molecular formula is C11H20O. The Balaban J connectivity index is 3.46. The quantitative estimate of drug-likeness (QED) is 0.439. The maximum absolute atomic E-state index is 11.1. The van der Waals surface area contributed by atoms with Crippen molar-refractivity contribution in [3.8, 4) is 0 Å². The largest absolute Gasteiger partial charge is 0.295 e.